The van der Waals surface area contributed by atoms with Crippen molar-refractivity contribution in [2.75, 3.05) is 11.5 Å². The molecule has 0 aliphatic rings. The number of aryl methyl sites for hydroxylation is 2. The second-order valence-corrected chi connectivity index (χ2v) is 6.32. The Bertz CT molecular complexity index is 440. The second-order valence-electron chi connectivity index (χ2n) is 3.42. The van der Waals surface area contributed by atoms with Crippen molar-refractivity contribution >= 4 is 21.8 Å². The van der Waals surface area contributed by atoms with Crippen LogP contribution in [0.4, 0.5) is 0 Å². The predicted octanol–water partition coefficient (Wildman–Crippen LogP) is 0.982. The van der Waals surface area contributed by atoms with Gasteiger partial charge in [-0.25, -0.2) is 18.5 Å². The Balaban J connectivity index is 2.64. The van der Waals surface area contributed by atoms with Crippen LogP contribution in [-0.2, 0) is 16.6 Å². The summed E-state index contributed by atoms with van der Waals surface area (Å²) in [7, 11) is -3.68. The highest BCUT2D eigenvalue weighted by Crippen LogP contribution is 2.09. The second kappa shape index (κ2) is 5.70. The molecule has 92 valence electrons. The van der Waals surface area contributed by atoms with Crippen molar-refractivity contribution < 1.29 is 8.42 Å². The lowest BCUT2D eigenvalue weighted by atomic mass is 10.4. The van der Waals surface area contributed by atoms with Gasteiger partial charge in [-0.3, -0.25) is 0 Å². The molecular formula is C9H17N3O2S2. The molecule has 0 spiro atoms. The predicted molar refractivity (Wildman–Crippen MR) is 66.0 cm³/mol. The van der Waals surface area contributed by atoms with Crippen LogP contribution < -0.4 is 5.14 Å². The monoisotopic (exact) mass is 263 g/mol. The van der Waals surface area contributed by atoms with Crippen LogP contribution >= 0.6 is 11.8 Å². The van der Waals surface area contributed by atoms with Crippen LogP contribution in [0.2, 0.25) is 0 Å². The van der Waals surface area contributed by atoms with Crippen molar-refractivity contribution in [2.24, 2.45) is 5.14 Å². The standard InChI is InChI=1S/C9H17N3O2S2/c1-3-15-6-4-5-12-7-9(11-8(12)2)16(10,13)14/h7H,3-6H2,1-2H3,(H2,10,13,14). The Kier molecular flexibility index (Phi) is 4.82. The van der Waals surface area contributed by atoms with E-state index in [1.807, 2.05) is 16.3 Å². The maximum absolute atomic E-state index is 11.1. The normalized spacial score (nSPS) is 11.9. The van der Waals surface area contributed by atoms with Crippen LogP contribution in [0.1, 0.15) is 19.2 Å². The van der Waals surface area contributed by atoms with Crippen LogP contribution in [0.25, 0.3) is 0 Å². The summed E-state index contributed by atoms with van der Waals surface area (Å²) < 4.78 is 24.0. The van der Waals surface area contributed by atoms with E-state index >= 15 is 0 Å². The number of primary sulfonamides is 1. The number of rotatable bonds is 6. The van der Waals surface area contributed by atoms with E-state index in [1.54, 1.807) is 6.92 Å². The van der Waals surface area contributed by atoms with E-state index in [9.17, 15) is 8.42 Å². The molecular weight excluding hydrogens is 246 g/mol. The minimum absolute atomic E-state index is 0.0480. The van der Waals surface area contributed by atoms with Gasteiger partial charge < -0.3 is 4.57 Å². The van der Waals surface area contributed by atoms with E-state index in [0.29, 0.717) is 5.82 Å². The number of sulfonamides is 1. The molecule has 0 aliphatic heterocycles. The molecule has 0 saturated carbocycles. The van der Waals surface area contributed by atoms with E-state index in [1.165, 1.54) is 6.20 Å². The number of thioether (sulfide) groups is 1. The summed E-state index contributed by atoms with van der Waals surface area (Å²) in [6, 6.07) is 0. The molecule has 0 aliphatic carbocycles. The van der Waals surface area contributed by atoms with Crippen LogP contribution in [0, 0.1) is 6.92 Å². The Morgan fingerprint density at radius 2 is 2.25 bits per heavy atom. The summed E-state index contributed by atoms with van der Waals surface area (Å²) in [4.78, 5) is 3.92. The van der Waals surface area contributed by atoms with E-state index in [-0.39, 0.29) is 5.03 Å². The minimum atomic E-state index is -3.68. The Labute approximate surface area is 100 Å². The van der Waals surface area contributed by atoms with Gasteiger partial charge in [-0.05, 0) is 24.9 Å². The average Bonchev–Trinajstić information content (AvgIpc) is 2.55. The van der Waals surface area contributed by atoms with E-state index in [0.717, 1.165) is 24.5 Å². The van der Waals surface area contributed by atoms with Gasteiger partial charge in [0.25, 0.3) is 10.0 Å². The van der Waals surface area contributed by atoms with Gasteiger partial charge in [-0.15, -0.1) is 0 Å². The minimum Gasteiger partial charge on any atom is -0.334 e. The quantitative estimate of drug-likeness (QED) is 0.776. The fourth-order valence-corrected chi connectivity index (χ4v) is 2.48. The lowest BCUT2D eigenvalue weighted by molar-refractivity contribution is 0.594. The lowest BCUT2D eigenvalue weighted by Crippen LogP contribution is -2.12. The highest BCUT2D eigenvalue weighted by molar-refractivity contribution is 7.99. The summed E-state index contributed by atoms with van der Waals surface area (Å²) in [5, 5.41) is 4.96. The first-order valence-corrected chi connectivity index (χ1v) is 7.79. The molecule has 0 radical (unpaired) electrons. The highest BCUT2D eigenvalue weighted by Gasteiger charge is 2.13. The van der Waals surface area contributed by atoms with Crippen LogP contribution in [0.5, 0.6) is 0 Å². The molecule has 0 unspecified atom stereocenters. The molecule has 2 N–H and O–H groups in total. The van der Waals surface area contributed by atoms with Gasteiger partial charge in [0.2, 0.25) is 0 Å². The molecule has 1 aromatic heterocycles. The van der Waals surface area contributed by atoms with Crippen molar-refractivity contribution in [3.63, 3.8) is 0 Å². The molecule has 0 bridgehead atoms. The van der Waals surface area contributed by atoms with Crippen molar-refractivity contribution in [1.29, 1.82) is 0 Å². The summed E-state index contributed by atoms with van der Waals surface area (Å²) >= 11 is 1.87. The summed E-state index contributed by atoms with van der Waals surface area (Å²) in [5.74, 6) is 2.86. The maximum Gasteiger partial charge on any atom is 0.257 e. The van der Waals surface area contributed by atoms with Crippen molar-refractivity contribution in [3.05, 3.63) is 12.0 Å². The fourth-order valence-electron chi connectivity index (χ4n) is 1.32. The van der Waals surface area contributed by atoms with Gasteiger partial charge >= 0.3 is 0 Å². The summed E-state index contributed by atoms with van der Waals surface area (Å²) in [6.45, 7) is 4.68. The molecule has 1 aromatic rings. The van der Waals surface area contributed by atoms with Crippen molar-refractivity contribution in [2.45, 2.75) is 31.8 Å². The Morgan fingerprint density at radius 1 is 1.56 bits per heavy atom. The van der Waals surface area contributed by atoms with E-state index in [2.05, 4.69) is 11.9 Å². The molecule has 0 fully saturated rings. The topological polar surface area (TPSA) is 78.0 Å². The van der Waals surface area contributed by atoms with Gasteiger partial charge in [-0.2, -0.15) is 11.8 Å². The number of imidazole rings is 1. The van der Waals surface area contributed by atoms with E-state index in [4.69, 9.17) is 5.14 Å². The number of nitrogens with two attached hydrogens (primary N) is 1. The smallest absolute Gasteiger partial charge is 0.257 e. The zero-order valence-electron chi connectivity index (χ0n) is 9.51. The number of hydrogen-bond donors (Lipinski definition) is 1. The molecule has 0 amide bonds. The molecule has 0 aromatic carbocycles. The van der Waals surface area contributed by atoms with Crippen molar-refractivity contribution in [3.8, 4) is 0 Å². The summed E-state index contributed by atoms with van der Waals surface area (Å²) in [5.41, 5.74) is 0. The molecule has 1 heterocycles. The largest absolute Gasteiger partial charge is 0.334 e. The molecule has 0 saturated heterocycles. The van der Waals surface area contributed by atoms with Crippen LogP contribution in [-0.4, -0.2) is 29.5 Å². The number of aromatic nitrogens is 2. The first-order valence-electron chi connectivity index (χ1n) is 5.09. The van der Waals surface area contributed by atoms with Crippen LogP contribution in [0.15, 0.2) is 11.2 Å². The van der Waals surface area contributed by atoms with E-state index < -0.39 is 10.0 Å². The molecule has 16 heavy (non-hydrogen) atoms. The van der Waals surface area contributed by atoms with Crippen molar-refractivity contribution in [1.82, 2.24) is 9.55 Å². The first-order chi connectivity index (χ1) is 7.45. The highest BCUT2D eigenvalue weighted by atomic mass is 32.2. The van der Waals surface area contributed by atoms with Gasteiger partial charge in [0.15, 0.2) is 5.03 Å². The zero-order valence-corrected chi connectivity index (χ0v) is 11.1. The van der Waals surface area contributed by atoms with Crippen LogP contribution in [0.3, 0.4) is 0 Å². The Hall–Kier alpha value is -0.530. The zero-order chi connectivity index (χ0) is 12.2. The maximum atomic E-state index is 11.1. The molecule has 7 heteroatoms. The first kappa shape index (κ1) is 13.5. The molecule has 5 nitrogen and oxygen atoms in total. The van der Waals surface area contributed by atoms with Gasteiger partial charge in [0.1, 0.15) is 5.82 Å². The lowest BCUT2D eigenvalue weighted by Gasteiger charge is -2.03. The van der Waals surface area contributed by atoms with Gasteiger partial charge in [0, 0.05) is 12.7 Å². The third-order valence-corrected chi connectivity index (χ3v) is 3.90. The summed E-state index contributed by atoms with van der Waals surface area (Å²) in [6.07, 6.45) is 2.50. The number of nitrogens with zero attached hydrogens (tertiary/aromatic N) is 2. The average molecular weight is 263 g/mol. The van der Waals surface area contributed by atoms with Gasteiger partial charge in [0.05, 0.1) is 0 Å². The third-order valence-electron chi connectivity index (χ3n) is 2.14. The molecule has 1 rings (SSSR count). The SMILES string of the molecule is CCSCCCn1cc(S(N)(=O)=O)nc1C. The Morgan fingerprint density at radius 3 is 2.75 bits per heavy atom. The number of hydrogen-bond acceptors (Lipinski definition) is 4. The van der Waals surface area contributed by atoms with Gasteiger partial charge in [-0.1, -0.05) is 6.92 Å². The fraction of sp³-hybridized carbons (Fsp3) is 0.667. The third kappa shape index (κ3) is 3.80. The molecule has 0 atom stereocenters.